The molecule has 4 N–H and O–H groups in total. The molecule has 2 aliphatic heterocycles. The fourth-order valence-corrected chi connectivity index (χ4v) is 4.99. The Hall–Kier alpha value is -3.50. The number of nitrogens with zero attached hydrogens (tertiary/aromatic N) is 2. The molecule has 0 bridgehead atoms. The van der Waals surface area contributed by atoms with Gasteiger partial charge >= 0.3 is 5.97 Å². The standard InChI is InChI=1S/C27H34FN5O4/c1-17-23(16-21-20-15-19(28)6-7-22(20)31-26(21)36)30-18(2)25(17)27(37)29-8-4-10-33-13-11-32(12-14-33)9-3-5-24(34)35/h6-7,15-16,30H,3-5,8-14H2,1-2H3,(H,29,37)(H,31,36)(H,34,35)/b21-16-. The average molecular weight is 512 g/mol. The van der Waals surface area contributed by atoms with Crippen LogP contribution in [0.2, 0.25) is 0 Å². The monoisotopic (exact) mass is 511 g/mol. The van der Waals surface area contributed by atoms with Crippen molar-refractivity contribution in [1.29, 1.82) is 0 Å². The maximum atomic E-state index is 13.8. The Morgan fingerprint density at radius 2 is 1.78 bits per heavy atom. The second-order valence-electron chi connectivity index (χ2n) is 9.66. The van der Waals surface area contributed by atoms with E-state index in [-0.39, 0.29) is 18.2 Å². The highest BCUT2D eigenvalue weighted by atomic mass is 19.1. The van der Waals surface area contributed by atoms with E-state index in [0.29, 0.717) is 46.7 Å². The Balaban J connectivity index is 1.28. The molecule has 1 saturated heterocycles. The van der Waals surface area contributed by atoms with E-state index in [4.69, 9.17) is 5.11 Å². The van der Waals surface area contributed by atoms with Crippen LogP contribution in [-0.2, 0) is 9.59 Å². The summed E-state index contributed by atoms with van der Waals surface area (Å²) in [6.45, 7) is 9.65. The molecule has 0 saturated carbocycles. The Kier molecular flexibility index (Phi) is 8.40. The molecule has 198 valence electrons. The Bertz CT molecular complexity index is 1210. The molecule has 0 spiro atoms. The van der Waals surface area contributed by atoms with Gasteiger partial charge in [0.15, 0.2) is 0 Å². The predicted molar refractivity (Wildman–Crippen MR) is 140 cm³/mol. The average Bonchev–Trinajstić information content (AvgIpc) is 3.31. The zero-order chi connectivity index (χ0) is 26.5. The van der Waals surface area contributed by atoms with Gasteiger partial charge in [-0.2, -0.15) is 0 Å². The van der Waals surface area contributed by atoms with Crippen molar-refractivity contribution in [3.63, 3.8) is 0 Å². The van der Waals surface area contributed by atoms with Crippen LogP contribution in [0.1, 0.15) is 52.1 Å². The molecular weight excluding hydrogens is 477 g/mol. The highest BCUT2D eigenvalue weighted by Crippen LogP contribution is 2.34. The molecule has 10 heteroatoms. The Morgan fingerprint density at radius 1 is 1.11 bits per heavy atom. The van der Waals surface area contributed by atoms with E-state index in [1.54, 1.807) is 6.08 Å². The maximum Gasteiger partial charge on any atom is 0.303 e. The van der Waals surface area contributed by atoms with Crippen LogP contribution in [0.4, 0.5) is 10.1 Å². The quantitative estimate of drug-likeness (QED) is 0.288. The third kappa shape index (κ3) is 6.44. The first-order valence-electron chi connectivity index (χ1n) is 12.7. The lowest BCUT2D eigenvalue weighted by atomic mass is 10.0. The molecule has 9 nitrogen and oxygen atoms in total. The summed E-state index contributed by atoms with van der Waals surface area (Å²) in [5, 5.41) is 14.5. The topological polar surface area (TPSA) is 118 Å². The molecule has 0 atom stereocenters. The van der Waals surface area contributed by atoms with E-state index in [2.05, 4.69) is 25.4 Å². The number of fused-ring (bicyclic) bond motifs is 1. The number of piperazine rings is 1. The van der Waals surface area contributed by atoms with Crippen LogP contribution >= 0.6 is 0 Å². The van der Waals surface area contributed by atoms with E-state index < -0.39 is 11.8 Å². The van der Waals surface area contributed by atoms with Gasteiger partial charge in [-0.15, -0.1) is 0 Å². The molecule has 2 amide bonds. The fraction of sp³-hybridized carbons (Fsp3) is 0.444. The number of H-pyrrole nitrogens is 1. The van der Waals surface area contributed by atoms with Crippen LogP contribution in [0, 0.1) is 19.7 Å². The third-order valence-electron chi connectivity index (χ3n) is 7.02. The number of amides is 2. The predicted octanol–water partition coefficient (Wildman–Crippen LogP) is 2.87. The molecule has 4 rings (SSSR count). The zero-order valence-corrected chi connectivity index (χ0v) is 21.3. The smallest absolute Gasteiger partial charge is 0.303 e. The van der Waals surface area contributed by atoms with Gasteiger partial charge in [-0.25, -0.2) is 4.39 Å². The van der Waals surface area contributed by atoms with E-state index >= 15 is 0 Å². The first-order chi connectivity index (χ1) is 17.7. The summed E-state index contributed by atoms with van der Waals surface area (Å²) >= 11 is 0. The van der Waals surface area contributed by atoms with Crippen molar-refractivity contribution < 1.29 is 23.9 Å². The molecule has 0 radical (unpaired) electrons. The number of anilines is 1. The third-order valence-corrected chi connectivity index (χ3v) is 7.02. The van der Waals surface area contributed by atoms with Crippen LogP contribution in [-0.4, -0.2) is 83.5 Å². The maximum absolute atomic E-state index is 13.8. The number of aromatic nitrogens is 1. The number of aromatic amines is 1. The van der Waals surface area contributed by atoms with Crippen LogP contribution in [0.3, 0.4) is 0 Å². The number of rotatable bonds is 10. The number of carbonyl (C=O) groups is 3. The minimum atomic E-state index is -0.748. The minimum absolute atomic E-state index is 0.165. The number of carbonyl (C=O) groups excluding carboxylic acids is 2. The lowest BCUT2D eigenvalue weighted by molar-refractivity contribution is -0.137. The molecule has 0 aliphatic carbocycles. The summed E-state index contributed by atoms with van der Waals surface area (Å²) in [5.41, 5.74) is 4.07. The molecule has 3 heterocycles. The van der Waals surface area contributed by atoms with Gasteiger partial charge in [-0.3, -0.25) is 14.4 Å². The normalized spacial score (nSPS) is 17.2. The van der Waals surface area contributed by atoms with E-state index in [0.717, 1.165) is 51.3 Å². The van der Waals surface area contributed by atoms with Gasteiger partial charge in [0.1, 0.15) is 5.82 Å². The molecule has 1 aromatic heterocycles. The second-order valence-corrected chi connectivity index (χ2v) is 9.66. The van der Waals surface area contributed by atoms with Gasteiger partial charge in [0.25, 0.3) is 11.8 Å². The number of halogens is 1. The minimum Gasteiger partial charge on any atom is -0.481 e. The van der Waals surface area contributed by atoms with Crippen LogP contribution < -0.4 is 10.6 Å². The van der Waals surface area contributed by atoms with E-state index in [1.807, 2.05) is 13.8 Å². The number of aliphatic carboxylic acids is 1. The Morgan fingerprint density at radius 3 is 2.46 bits per heavy atom. The Labute approximate surface area is 215 Å². The molecule has 37 heavy (non-hydrogen) atoms. The van der Waals surface area contributed by atoms with Crippen molar-refractivity contribution in [2.45, 2.75) is 33.1 Å². The SMILES string of the molecule is Cc1[nH]c(/C=C2\C(=O)Nc3ccc(F)cc32)c(C)c1C(=O)NCCCN1CCN(CCCC(=O)O)CC1. The lowest BCUT2D eigenvalue weighted by Gasteiger charge is -2.34. The van der Waals surface area contributed by atoms with Crippen molar-refractivity contribution in [2.24, 2.45) is 0 Å². The van der Waals surface area contributed by atoms with Gasteiger partial charge in [0, 0.05) is 61.8 Å². The molecular formula is C27H34FN5O4. The number of aryl methyl sites for hydroxylation is 1. The number of hydrogen-bond donors (Lipinski definition) is 4. The first kappa shape index (κ1) is 26.6. The largest absolute Gasteiger partial charge is 0.481 e. The van der Waals surface area contributed by atoms with Crippen LogP contribution in [0.25, 0.3) is 11.6 Å². The van der Waals surface area contributed by atoms with Gasteiger partial charge in [0.05, 0.1) is 11.1 Å². The number of carboxylic acids is 1. The van der Waals surface area contributed by atoms with Crippen molar-refractivity contribution in [1.82, 2.24) is 20.1 Å². The van der Waals surface area contributed by atoms with Crippen molar-refractivity contribution in [3.8, 4) is 0 Å². The zero-order valence-electron chi connectivity index (χ0n) is 21.3. The van der Waals surface area contributed by atoms with E-state index in [1.165, 1.54) is 18.2 Å². The molecule has 2 aliphatic rings. The fourth-order valence-electron chi connectivity index (χ4n) is 4.99. The lowest BCUT2D eigenvalue weighted by Crippen LogP contribution is -2.47. The summed E-state index contributed by atoms with van der Waals surface area (Å²) in [7, 11) is 0. The highest BCUT2D eigenvalue weighted by molar-refractivity contribution is 6.34. The molecule has 1 fully saturated rings. The summed E-state index contributed by atoms with van der Waals surface area (Å²) < 4.78 is 13.8. The van der Waals surface area contributed by atoms with Crippen molar-refractivity contribution in [3.05, 3.63) is 52.1 Å². The van der Waals surface area contributed by atoms with Crippen molar-refractivity contribution >= 4 is 35.1 Å². The number of benzene rings is 1. The molecule has 2 aromatic rings. The summed E-state index contributed by atoms with van der Waals surface area (Å²) in [4.78, 5) is 43.9. The van der Waals surface area contributed by atoms with Gasteiger partial charge in [-0.05, 0) is 69.6 Å². The molecule has 0 unspecified atom stereocenters. The second kappa shape index (κ2) is 11.7. The van der Waals surface area contributed by atoms with Crippen LogP contribution in [0.15, 0.2) is 18.2 Å². The summed E-state index contributed by atoms with van der Waals surface area (Å²) in [6, 6.07) is 4.17. The van der Waals surface area contributed by atoms with Gasteiger partial charge in [0.2, 0.25) is 0 Å². The highest BCUT2D eigenvalue weighted by Gasteiger charge is 2.26. The van der Waals surface area contributed by atoms with Crippen molar-refractivity contribution in [2.75, 3.05) is 51.1 Å². The molecule has 1 aromatic carbocycles. The van der Waals surface area contributed by atoms with Crippen LogP contribution in [0.5, 0.6) is 0 Å². The number of carboxylic acid groups (broad SMARTS) is 1. The first-order valence-corrected chi connectivity index (χ1v) is 12.7. The number of hydrogen-bond acceptors (Lipinski definition) is 5. The summed E-state index contributed by atoms with van der Waals surface area (Å²) in [6.07, 6.45) is 3.38. The number of nitrogens with one attached hydrogen (secondary N) is 3. The summed E-state index contributed by atoms with van der Waals surface area (Å²) in [5.74, 6) is -1.64. The van der Waals surface area contributed by atoms with E-state index in [9.17, 15) is 18.8 Å². The van der Waals surface area contributed by atoms with Gasteiger partial charge < -0.3 is 30.5 Å². The van der Waals surface area contributed by atoms with Gasteiger partial charge in [-0.1, -0.05) is 0 Å².